The summed E-state index contributed by atoms with van der Waals surface area (Å²) in [6.45, 7) is 0. The van der Waals surface area contributed by atoms with Gasteiger partial charge in [-0.3, -0.25) is 4.79 Å². The van der Waals surface area contributed by atoms with Gasteiger partial charge in [0.25, 0.3) is 0 Å². The third kappa shape index (κ3) is 1.34. The molecule has 4 nitrogen and oxygen atoms in total. The molecule has 2 aromatic rings. The summed E-state index contributed by atoms with van der Waals surface area (Å²) in [5, 5.41) is 7.91. The zero-order valence-corrected chi connectivity index (χ0v) is 8.76. The van der Waals surface area contributed by atoms with Crippen molar-refractivity contribution in [1.82, 2.24) is 14.8 Å². The Hall–Kier alpha value is -1.97. The molecule has 0 saturated heterocycles. The number of hydrogen-bond acceptors (Lipinski definition) is 3. The Morgan fingerprint density at radius 2 is 2.19 bits per heavy atom. The van der Waals surface area contributed by atoms with Crippen LogP contribution in [0.3, 0.4) is 0 Å². The third-order valence-electron chi connectivity index (χ3n) is 2.91. The first-order chi connectivity index (χ1) is 7.86. The lowest BCUT2D eigenvalue weighted by molar-refractivity contribution is 0.0972. The van der Waals surface area contributed by atoms with Crippen molar-refractivity contribution >= 4 is 5.78 Å². The van der Waals surface area contributed by atoms with Crippen LogP contribution in [-0.2, 0) is 6.42 Å². The third-order valence-corrected chi connectivity index (χ3v) is 2.91. The maximum Gasteiger partial charge on any atom is 0.164 e. The fourth-order valence-corrected chi connectivity index (χ4v) is 2.16. The maximum atomic E-state index is 11.7. The summed E-state index contributed by atoms with van der Waals surface area (Å²) >= 11 is 0. The number of ketones is 1. The lowest BCUT2D eigenvalue weighted by Crippen LogP contribution is -2.12. The van der Waals surface area contributed by atoms with Crippen molar-refractivity contribution in [3.63, 3.8) is 0 Å². The van der Waals surface area contributed by atoms with E-state index in [-0.39, 0.29) is 5.78 Å². The van der Waals surface area contributed by atoms with E-state index >= 15 is 0 Å². The quantitative estimate of drug-likeness (QED) is 0.725. The topological polar surface area (TPSA) is 47.8 Å². The first-order valence-corrected chi connectivity index (χ1v) is 5.38. The number of rotatable bonds is 1. The van der Waals surface area contributed by atoms with E-state index in [0.29, 0.717) is 6.42 Å². The number of fused-ring (bicyclic) bond motifs is 1. The number of nitrogens with zero attached hydrogens (tertiary/aromatic N) is 3. The van der Waals surface area contributed by atoms with Crippen molar-refractivity contribution in [2.75, 3.05) is 0 Å². The fraction of sp³-hybridized carbons (Fsp3) is 0.250. The van der Waals surface area contributed by atoms with Crippen LogP contribution in [0, 0.1) is 0 Å². The number of carbonyl (C=O) groups is 1. The molecule has 3 rings (SSSR count). The summed E-state index contributed by atoms with van der Waals surface area (Å²) in [6.07, 6.45) is 6.07. The summed E-state index contributed by atoms with van der Waals surface area (Å²) in [5.74, 6) is 1.02. The Morgan fingerprint density at radius 3 is 3.00 bits per heavy atom. The largest absolute Gasteiger partial charge is 0.303 e. The molecule has 0 amide bonds. The van der Waals surface area contributed by atoms with E-state index in [9.17, 15) is 4.79 Å². The van der Waals surface area contributed by atoms with Crippen LogP contribution in [0.2, 0.25) is 0 Å². The summed E-state index contributed by atoms with van der Waals surface area (Å²) in [7, 11) is 0. The molecule has 1 aliphatic carbocycles. The van der Waals surface area contributed by atoms with Gasteiger partial charge in [-0.1, -0.05) is 0 Å². The van der Waals surface area contributed by atoms with Crippen molar-refractivity contribution < 1.29 is 4.79 Å². The van der Waals surface area contributed by atoms with Crippen molar-refractivity contribution in [3.05, 3.63) is 41.9 Å². The van der Waals surface area contributed by atoms with Crippen molar-refractivity contribution in [2.45, 2.75) is 19.3 Å². The van der Waals surface area contributed by atoms with Crippen LogP contribution >= 0.6 is 0 Å². The highest BCUT2D eigenvalue weighted by Gasteiger charge is 2.21. The van der Waals surface area contributed by atoms with Gasteiger partial charge in [-0.15, -0.1) is 5.10 Å². The molecule has 0 aliphatic heterocycles. The van der Waals surface area contributed by atoms with E-state index in [2.05, 4.69) is 10.2 Å². The van der Waals surface area contributed by atoms with Gasteiger partial charge in [-0.25, -0.2) is 0 Å². The van der Waals surface area contributed by atoms with Gasteiger partial charge in [0.1, 0.15) is 0 Å². The van der Waals surface area contributed by atoms with Crippen LogP contribution in [0.5, 0.6) is 0 Å². The van der Waals surface area contributed by atoms with Gasteiger partial charge in [0.05, 0.1) is 0 Å². The predicted octanol–water partition coefficient (Wildman–Crippen LogP) is 1.79. The van der Waals surface area contributed by atoms with Gasteiger partial charge < -0.3 is 4.57 Å². The van der Waals surface area contributed by atoms with Gasteiger partial charge in [0.15, 0.2) is 11.6 Å². The SMILES string of the molecule is O=C1CCCc2c1ccn2-c1cccnn1. The summed E-state index contributed by atoms with van der Waals surface area (Å²) in [5.41, 5.74) is 1.91. The molecule has 0 atom stereocenters. The van der Waals surface area contributed by atoms with Gasteiger partial charge >= 0.3 is 0 Å². The van der Waals surface area contributed by atoms with E-state index in [0.717, 1.165) is 29.9 Å². The minimum atomic E-state index is 0.240. The molecular formula is C12H11N3O. The maximum absolute atomic E-state index is 11.7. The van der Waals surface area contributed by atoms with Crippen molar-refractivity contribution in [3.8, 4) is 5.82 Å². The van der Waals surface area contributed by atoms with Crippen LogP contribution in [-0.4, -0.2) is 20.5 Å². The molecule has 2 aromatic heterocycles. The van der Waals surface area contributed by atoms with Crippen molar-refractivity contribution in [2.24, 2.45) is 0 Å². The van der Waals surface area contributed by atoms with E-state index in [4.69, 9.17) is 0 Å². The van der Waals surface area contributed by atoms with E-state index in [1.807, 2.05) is 29.0 Å². The number of hydrogen-bond donors (Lipinski definition) is 0. The molecule has 16 heavy (non-hydrogen) atoms. The predicted molar refractivity (Wildman–Crippen MR) is 58.6 cm³/mol. The monoisotopic (exact) mass is 213 g/mol. The minimum Gasteiger partial charge on any atom is -0.303 e. The molecule has 80 valence electrons. The minimum absolute atomic E-state index is 0.240. The molecule has 0 unspecified atom stereocenters. The molecule has 0 bridgehead atoms. The molecule has 0 radical (unpaired) electrons. The van der Waals surface area contributed by atoms with E-state index in [1.54, 1.807) is 6.20 Å². The second-order valence-electron chi connectivity index (χ2n) is 3.90. The zero-order chi connectivity index (χ0) is 11.0. The average Bonchev–Trinajstić information content (AvgIpc) is 2.75. The smallest absolute Gasteiger partial charge is 0.164 e. The summed E-state index contributed by atoms with van der Waals surface area (Å²) in [6, 6.07) is 5.62. The molecule has 0 spiro atoms. The second-order valence-corrected chi connectivity index (χ2v) is 3.90. The van der Waals surface area contributed by atoms with Crippen LogP contribution in [0.1, 0.15) is 28.9 Å². The molecule has 1 aliphatic rings. The number of Topliss-reactive ketones (excluding diaryl/α,β-unsaturated/α-hetero) is 1. The molecule has 0 fully saturated rings. The standard InChI is InChI=1S/C12H11N3O/c16-11-4-1-3-10-9(11)6-8-15(10)12-5-2-7-13-14-12/h2,5-8H,1,3-4H2. The van der Waals surface area contributed by atoms with Crippen LogP contribution in [0.25, 0.3) is 5.82 Å². The molecule has 0 saturated carbocycles. The summed E-state index contributed by atoms with van der Waals surface area (Å²) in [4.78, 5) is 11.7. The zero-order valence-electron chi connectivity index (χ0n) is 8.76. The Balaban J connectivity index is 2.13. The number of carbonyl (C=O) groups excluding carboxylic acids is 1. The van der Waals surface area contributed by atoms with Crippen LogP contribution in [0.4, 0.5) is 0 Å². The van der Waals surface area contributed by atoms with E-state index in [1.165, 1.54) is 0 Å². The number of aromatic nitrogens is 3. The van der Waals surface area contributed by atoms with Gasteiger partial charge in [0.2, 0.25) is 0 Å². The Bertz CT molecular complexity index is 530. The average molecular weight is 213 g/mol. The Morgan fingerprint density at radius 1 is 1.25 bits per heavy atom. The first kappa shape index (κ1) is 9.27. The highest BCUT2D eigenvalue weighted by molar-refractivity contribution is 5.98. The normalized spacial score (nSPS) is 14.9. The fourth-order valence-electron chi connectivity index (χ4n) is 2.16. The molecule has 4 heteroatoms. The Kier molecular flexibility index (Phi) is 2.06. The summed E-state index contributed by atoms with van der Waals surface area (Å²) < 4.78 is 1.96. The molecule has 2 heterocycles. The molecular weight excluding hydrogens is 202 g/mol. The van der Waals surface area contributed by atoms with Gasteiger partial charge in [0, 0.05) is 30.1 Å². The second kappa shape index (κ2) is 3.56. The van der Waals surface area contributed by atoms with E-state index < -0.39 is 0 Å². The molecule has 0 N–H and O–H groups in total. The molecule has 0 aromatic carbocycles. The van der Waals surface area contributed by atoms with Crippen molar-refractivity contribution in [1.29, 1.82) is 0 Å². The van der Waals surface area contributed by atoms with Crippen LogP contribution < -0.4 is 0 Å². The highest BCUT2D eigenvalue weighted by atomic mass is 16.1. The van der Waals surface area contributed by atoms with Gasteiger partial charge in [-0.05, 0) is 31.0 Å². The highest BCUT2D eigenvalue weighted by Crippen LogP contribution is 2.24. The van der Waals surface area contributed by atoms with Crippen LogP contribution in [0.15, 0.2) is 30.6 Å². The first-order valence-electron chi connectivity index (χ1n) is 5.38. The van der Waals surface area contributed by atoms with Gasteiger partial charge in [-0.2, -0.15) is 5.10 Å². The Labute approximate surface area is 92.9 Å². The lowest BCUT2D eigenvalue weighted by Gasteiger charge is -2.13. The lowest BCUT2D eigenvalue weighted by atomic mass is 9.97.